The first-order valence-corrected chi connectivity index (χ1v) is 9.42. The van der Waals surface area contributed by atoms with Crippen LogP contribution in [0.3, 0.4) is 0 Å². The van der Waals surface area contributed by atoms with Gasteiger partial charge in [0.15, 0.2) is 0 Å². The molecule has 1 aliphatic heterocycles. The number of benzene rings is 2. The van der Waals surface area contributed by atoms with Gasteiger partial charge in [0.1, 0.15) is 12.4 Å². The maximum absolute atomic E-state index is 12.4. The number of amides is 1. The van der Waals surface area contributed by atoms with Crippen molar-refractivity contribution < 1.29 is 9.53 Å². The van der Waals surface area contributed by atoms with Crippen molar-refractivity contribution in [3.05, 3.63) is 65.2 Å². The average molecular weight is 352 g/mol. The third-order valence-corrected chi connectivity index (χ3v) is 4.78. The van der Waals surface area contributed by atoms with Crippen molar-refractivity contribution in [1.82, 2.24) is 10.2 Å². The van der Waals surface area contributed by atoms with E-state index in [9.17, 15) is 4.79 Å². The SMILES string of the molecule is Cc1ccccc1OC[C@H](C)NC(=O)c1ccc(CN2CCCC2)cc1. The zero-order valence-electron chi connectivity index (χ0n) is 15.7. The molecule has 0 saturated carbocycles. The molecule has 26 heavy (non-hydrogen) atoms. The predicted octanol–water partition coefficient (Wildman–Crippen LogP) is 3.79. The second-order valence-electron chi connectivity index (χ2n) is 7.13. The van der Waals surface area contributed by atoms with Crippen LogP contribution >= 0.6 is 0 Å². The Morgan fingerprint density at radius 3 is 2.50 bits per heavy atom. The summed E-state index contributed by atoms with van der Waals surface area (Å²) < 4.78 is 5.81. The summed E-state index contributed by atoms with van der Waals surface area (Å²) in [6, 6.07) is 15.8. The van der Waals surface area contributed by atoms with Gasteiger partial charge in [0, 0.05) is 12.1 Å². The van der Waals surface area contributed by atoms with Gasteiger partial charge in [-0.15, -0.1) is 0 Å². The number of nitrogens with one attached hydrogen (secondary N) is 1. The number of likely N-dealkylation sites (tertiary alicyclic amines) is 1. The van der Waals surface area contributed by atoms with Crippen molar-refractivity contribution in [2.45, 2.75) is 39.3 Å². The number of ether oxygens (including phenoxy) is 1. The monoisotopic (exact) mass is 352 g/mol. The Balaban J connectivity index is 1.48. The van der Waals surface area contributed by atoms with Crippen molar-refractivity contribution in [3.8, 4) is 5.75 Å². The van der Waals surface area contributed by atoms with Gasteiger partial charge in [-0.3, -0.25) is 9.69 Å². The first-order chi connectivity index (χ1) is 12.6. The molecular weight excluding hydrogens is 324 g/mol. The number of hydrogen-bond donors (Lipinski definition) is 1. The van der Waals surface area contributed by atoms with Crippen LogP contribution in [0, 0.1) is 6.92 Å². The molecule has 4 heteroatoms. The Hall–Kier alpha value is -2.33. The lowest BCUT2D eigenvalue weighted by atomic mass is 10.1. The van der Waals surface area contributed by atoms with Crippen LogP contribution in [0.5, 0.6) is 5.75 Å². The first-order valence-electron chi connectivity index (χ1n) is 9.42. The zero-order valence-corrected chi connectivity index (χ0v) is 15.7. The number of nitrogens with zero attached hydrogens (tertiary/aromatic N) is 1. The molecule has 2 aromatic carbocycles. The minimum atomic E-state index is -0.0635. The van der Waals surface area contributed by atoms with Gasteiger partial charge in [-0.1, -0.05) is 30.3 Å². The van der Waals surface area contributed by atoms with Gasteiger partial charge in [0.25, 0.3) is 5.91 Å². The van der Waals surface area contributed by atoms with E-state index in [-0.39, 0.29) is 11.9 Å². The van der Waals surface area contributed by atoms with E-state index in [4.69, 9.17) is 4.74 Å². The summed E-state index contributed by atoms with van der Waals surface area (Å²) >= 11 is 0. The van der Waals surface area contributed by atoms with Crippen molar-refractivity contribution in [2.75, 3.05) is 19.7 Å². The molecule has 0 spiro atoms. The third-order valence-electron chi connectivity index (χ3n) is 4.78. The Morgan fingerprint density at radius 1 is 1.12 bits per heavy atom. The van der Waals surface area contributed by atoms with Crippen LogP contribution in [0.25, 0.3) is 0 Å². The molecule has 4 nitrogen and oxygen atoms in total. The highest BCUT2D eigenvalue weighted by atomic mass is 16.5. The lowest BCUT2D eigenvalue weighted by Crippen LogP contribution is -2.36. The number of rotatable bonds is 7. The van der Waals surface area contributed by atoms with Crippen LogP contribution in [0.15, 0.2) is 48.5 Å². The van der Waals surface area contributed by atoms with E-state index in [2.05, 4.69) is 22.3 Å². The number of carbonyl (C=O) groups excluding carboxylic acids is 1. The largest absolute Gasteiger partial charge is 0.491 e. The van der Waals surface area contributed by atoms with Gasteiger partial charge in [0.05, 0.1) is 6.04 Å². The molecule has 138 valence electrons. The summed E-state index contributed by atoms with van der Waals surface area (Å²) in [5.74, 6) is 0.804. The van der Waals surface area contributed by atoms with Crippen LogP contribution in [0.1, 0.15) is 41.3 Å². The molecule has 2 aromatic rings. The number of para-hydroxylation sites is 1. The molecule has 0 aromatic heterocycles. The van der Waals surface area contributed by atoms with E-state index in [1.807, 2.05) is 50.2 Å². The summed E-state index contributed by atoms with van der Waals surface area (Å²) in [6.45, 7) is 7.76. The molecule has 1 aliphatic rings. The number of carbonyl (C=O) groups is 1. The summed E-state index contributed by atoms with van der Waals surface area (Å²) in [7, 11) is 0. The van der Waals surface area contributed by atoms with E-state index < -0.39 is 0 Å². The zero-order chi connectivity index (χ0) is 18.4. The molecule has 3 rings (SSSR count). The molecule has 0 unspecified atom stereocenters. The lowest BCUT2D eigenvalue weighted by Gasteiger charge is -2.17. The third kappa shape index (κ3) is 5.09. The Bertz CT molecular complexity index is 721. The normalized spacial score (nSPS) is 15.6. The van der Waals surface area contributed by atoms with Crippen molar-refractivity contribution in [2.24, 2.45) is 0 Å². The van der Waals surface area contributed by atoms with Crippen LogP contribution < -0.4 is 10.1 Å². The van der Waals surface area contributed by atoms with Crippen LogP contribution in [-0.4, -0.2) is 36.5 Å². The second-order valence-corrected chi connectivity index (χ2v) is 7.13. The molecule has 1 saturated heterocycles. The molecule has 1 fully saturated rings. The second kappa shape index (κ2) is 8.86. The first kappa shape index (κ1) is 18.5. The minimum Gasteiger partial charge on any atom is -0.491 e. The highest BCUT2D eigenvalue weighted by molar-refractivity contribution is 5.94. The quantitative estimate of drug-likeness (QED) is 0.824. The fourth-order valence-electron chi connectivity index (χ4n) is 3.24. The van der Waals surface area contributed by atoms with Gasteiger partial charge in [-0.05, 0) is 69.1 Å². The topological polar surface area (TPSA) is 41.6 Å². The Labute approximate surface area is 156 Å². The smallest absolute Gasteiger partial charge is 0.251 e. The fraction of sp³-hybridized carbons (Fsp3) is 0.409. The maximum atomic E-state index is 12.4. The van der Waals surface area contributed by atoms with Gasteiger partial charge in [-0.25, -0.2) is 0 Å². The fourth-order valence-corrected chi connectivity index (χ4v) is 3.24. The van der Waals surface area contributed by atoms with Crippen LogP contribution in [0.4, 0.5) is 0 Å². The molecule has 1 heterocycles. The molecule has 1 amide bonds. The van der Waals surface area contributed by atoms with E-state index in [0.717, 1.165) is 17.9 Å². The summed E-state index contributed by atoms with van der Waals surface area (Å²) in [5.41, 5.74) is 3.05. The highest BCUT2D eigenvalue weighted by Gasteiger charge is 2.13. The average Bonchev–Trinajstić information content (AvgIpc) is 3.14. The predicted molar refractivity (Wildman–Crippen MR) is 105 cm³/mol. The van der Waals surface area contributed by atoms with E-state index in [1.165, 1.54) is 31.5 Å². The molecule has 0 radical (unpaired) electrons. The summed E-state index contributed by atoms with van der Waals surface area (Å²) in [4.78, 5) is 14.9. The molecule has 0 bridgehead atoms. The van der Waals surface area contributed by atoms with Crippen LogP contribution in [-0.2, 0) is 6.54 Å². The molecular formula is C22H28N2O2. The van der Waals surface area contributed by atoms with Gasteiger partial charge in [-0.2, -0.15) is 0 Å². The summed E-state index contributed by atoms with van der Waals surface area (Å²) in [6.07, 6.45) is 2.59. The van der Waals surface area contributed by atoms with Crippen molar-refractivity contribution >= 4 is 5.91 Å². The number of hydrogen-bond acceptors (Lipinski definition) is 3. The van der Waals surface area contributed by atoms with Gasteiger partial charge < -0.3 is 10.1 Å². The van der Waals surface area contributed by atoms with Gasteiger partial charge >= 0.3 is 0 Å². The Kier molecular flexibility index (Phi) is 6.29. The molecule has 1 atom stereocenters. The minimum absolute atomic E-state index is 0.0568. The van der Waals surface area contributed by atoms with E-state index in [0.29, 0.717) is 12.2 Å². The van der Waals surface area contributed by atoms with E-state index >= 15 is 0 Å². The highest BCUT2D eigenvalue weighted by Crippen LogP contribution is 2.16. The van der Waals surface area contributed by atoms with Crippen LogP contribution in [0.2, 0.25) is 0 Å². The molecule has 1 N–H and O–H groups in total. The standard InChI is InChI=1S/C22H28N2O2/c1-17-7-3-4-8-21(17)26-16-18(2)23-22(25)20-11-9-19(10-12-20)15-24-13-5-6-14-24/h3-4,7-12,18H,5-6,13-16H2,1-2H3,(H,23,25)/t18-/m0/s1. The maximum Gasteiger partial charge on any atom is 0.251 e. The Morgan fingerprint density at radius 2 is 1.81 bits per heavy atom. The van der Waals surface area contributed by atoms with Crippen molar-refractivity contribution in [3.63, 3.8) is 0 Å². The van der Waals surface area contributed by atoms with Gasteiger partial charge in [0.2, 0.25) is 0 Å². The summed E-state index contributed by atoms with van der Waals surface area (Å²) in [5, 5.41) is 3.00. The van der Waals surface area contributed by atoms with E-state index in [1.54, 1.807) is 0 Å². The molecule has 0 aliphatic carbocycles. The number of aryl methyl sites for hydroxylation is 1. The lowest BCUT2D eigenvalue weighted by molar-refractivity contribution is 0.0926. The van der Waals surface area contributed by atoms with Crippen molar-refractivity contribution in [1.29, 1.82) is 0 Å².